The fourth-order valence-electron chi connectivity index (χ4n) is 8.47. The lowest BCUT2D eigenvalue weighted by Gasteiger charge is -2.15. The van der Waals surface area contributed by atoms with Crippen molar-refractivity contribution in [2.45, 2.75) is 0 Å². The molecule has 0 bridgehead atoms. The van der Waals surface area contributed by atoms with Crippen LogP contribution in [0.25, 0.3) is 99.4 Å². The van der Waals surface area contributed by atoms with Crippen molar-refractivity contribution in [3.63, 3.8) is 0 Å². The number of pyridine rings is 1. The van der Waals surface area contributed by atoms with Crippen LogP contribution in [0.1, 0.15) is 0 Å². The molecule has 0 N–H and O–H groups in total. The molecule has 0 radical (unpaired) electrons. The first-order valence-electron chi connectivity index (χ1n) is 18.5. The zero-order chi connectivity index (χ0) is 35.6. The van der Waals surface area contributed by atoms with Crippen LogP contribution in [0.15, 0.2) is 200 Å². The lowest BCUT2D eigenvalue weighted by Crippen LogP contribution is -1.99. The predicted octanol–water partition coefficient (Wildman–Crippen LogP) is 13.4. The van der Waals surface area contributed by atoms with E-state index in [4.69, 9.17) is 4.98 Å². The molecule has 0 saturated carbocycles. The maximum absolute atomic E-state index is 5.29. The molecule has 11 aromatic rings. The molecule has 0 saturated heterocycles. The summed E-state index contributed by atoms with van der Waals surface area (Å²) in [5.74, 6) is 0. The zero-order valence-electron chi connectivity index (χ0n) is 29.4. The highest BCUT2D eigenvalue weighted by molar-refractivity contribution is 6.24. The Morgan fingerprint density at radius 2 is 0.852 bits per heavy atom. The average Bonchev–Trinajstić information content (AvgIpc) is 3.77. The fraction of sp³-hybridized carbons (Fsp3) is 0. The first kappa shape index (κ1) is 30.4. The maximum atomic E-state index is 5.29. The summed E-state index contributed by atoms with van der Waals surface area (Å²) >= 11 is 0. The largest absolute Gasteiger partial charge is 0.307 e. The number of aromatic nitrogens is 3. The van der Waals surface area contributed by atoms with E-state index in [0.717, 1.165) is 39.5 Å². The van der Waals surface area contributed by atoms with Crippen LogP contribution in [0, 0.1) is 0 Å². The van der Waals surface area contributed by atoms with Gasteiger partial charge in [-0.15, -0.1) is 0 Å². The van der Waals surface area contributed by atoms with Crippen molar-refractivity contribution in [1.29, 1.82) is 0 Å². The van der Waals surface area contributed by atoms with Gasteiger partial charge in [-0.25, -0.2) is 4.98 Å². The SMILES string of the molecule is c1ccc(-c2cc(-c3ccccc3)nc(-c3cccc4cc(-n5c6ccccc6c6ccc7c8ccccc8n(-c8ccccc8)c7c65)ccc34)c2)cc1. The third kappa shape index (κ3) is 4.72. The molecule has 0 spiro atoms. The fourth-order valence-corrected chi connectivity index (χ4v) is 8.47. The number of nitrogens with zero attached hydrogens (tertiary/aromatic N) is 3. The van der Waals surface area contributed by atoms with Crippen molar-refractivity contribution < 1.29 is 0 Å². The second kappa shape index (κ2) is 12.2. The van der Waals surface area contributed by atoms with Crippen molar-refractivity contribution in [2.75, 3.05) is 0 Å². The highest BCUT2D eigenvalue weighted by Gasteiger charge is 2.21. The van der Waals surface area contributed by atoms with Gasteiger partial charge in [-0.05, 0) is 70.4 Å². The summed E-state index contributed by atoms with van der Waals surface area (Å²) in [5, 5.41) is 7.30. The number of fused-ring (bicyclic) bond motifs is 8. The van der Waals surface area contributed by atoms with Gasteiger partial charge in [0.05, 0.1) is 33.5 Å². The van der Waals surface area contributed by atoms with E-state index in [1.165, 1.54) is 59.9 Å². The van der Waals surface area contributed by atoms with Crippen molar-refractivity contribution in [2.24, 2.45) is 0 Å². The quantitative estimate of drug-likeness (QED) is 0.177. The van der Waals surface area contributed by atoms with Crippen LogP contribution in [0.3, 0.4) is 0 Å². The molecular formula is C51H33N3. The molecule has 0 amide bonds. The van der Waals surface area contributed by atoms with E-state index in [-0.39, 0.29) is 0 Å². The predicted molar refractivity (Wildman–Crippen MR) is 227 cm³/mol. The lowest BCUT2D eigenvalue weighted by atomic mass is 9.97. The van der Waals surface area contributed by atoms with Gasteiger partial charge >= 0.3 is 0 Å². The molecule has 0 aliphatic rings. The summed E-state index contributed by atoms with van der Waals surface area (Å²) in [6.07, 6.45) is 0. The Morgan fingerprint density at radius 3 is 1.52 bits per heavy atom. The molecule has 3 heteroatoms. The van der Waals surface area contributed by atoms with Crippen LogP contribution in [0.5, 0.6) is 0 Å². The van der Waals surface area contributed by atoms with Gasteiger partial charge in [0.1, 0.15) is 0 Å². The highest BCUT2D eigenvalue weighted by Crippen LogP contribution is 2.42. The van der Waals surface area contributed by atoms with Crippen molar-refractivity contribution >= 4 is 54.4 Å². The van der Waals surface area contributed by atoms with E-state index in [0.29, 0.717) is 0 Å². The molecule has 3 nitrogen and oxygen atoms in total. The van der Waals surface area contributed by atoms with Gasteiger partial charge in [0.15, 0.2) is 0 Å². The van der Waals surface area contributed by atoms with E-state index in [1.807, 2.05) is 0 Å². The average molecular weight is 688 g/mol. The number of benzene rings is 8. The van der Waals surface area contributed by atoms with Gasteiger partial charge in [-0.2, -0.15) is 0 Å². The summed E-state index contributed by atoms with van der Waals surface area (Å²) in [6, 6.07) is 72.0. The second-order valence-corrected chi connectivity index (χ2v) is 14.0. The molecule has 54 heavy (non-hydrogen) atoms. The van der Waals surface area contributed by atoms with E-state index < -0.39 is 0 Å². The molecule has 3 heterocycles. The van der Waals surface area contributed by atoms with Crippen LogP contribution >= 0.6 is 0 Å². The minimum Gasteiger partial charge on any atom is -0.307 e. The van der Waals surface area contributed by atoms with E-state index in [9.17, 15) is 0 Å². The Kier molecular flexibility index (Phi) is 6.86. The lowest BCUT2D eigenvalue weighted by molar-refractivity contribution is 1.15. The molecule has 0 aliphatic carbocycles. The maximum Gasteiger partial charge on any atom is 0.0788 e. The summed E-state index contributed by atoms with van der Waals surface area (Å²) in [4.78, 5) is 5.29. The molecule has 11 rings (SSSR count). The Balaban J connectivity index is 1.17. The van der Waals surface area contributed by atoms with Crippen molar-refractivity contribution in [3.8, 4) is 45.0 Å². The van der Waals surface area contributed by atoms with Crippen molar-refractivity contribution in [3.05, 3.63) is 200 Å². The smallest absolute Gasteiger partial charge is 0.0788 e. The van der Waals surface area contributed by atoms with Crippen LogP contribution in [-0.4, -0.2) is 14.1 Å². The molecule has 8 aromatic carbocycles. The van der Waals surface area contributed by atoms with Gasteiger partial charge in [0.2, 0.25) is 0 Å². The summed E-state index contributed by atoms with van der Waals surface area (Å²) < 4.78 is 4.91. The highest BCUT2D eigenvalue weighted by atomic mass is 15.0. The molecule has 252 valence electrons. The normalized spacial score (nSPS) is 11.7. The summed E-state index contributed by atoms with van der Waals surface area (Å²) in [7, 11) is 0. The first-order valence-corrected chi connectivity index (χ1v) is 18.5. The number of hydrogen-bond acceptors (Lipinski definition) is 1. The summed E-state index contributed by atoms with van der Waals surface area (Å²) in [6.45, 7) is 0. The minimum absolute atomic E-state index is 0.958. The van der Waals surface area contributed by atoms with Gasteiger partial charge in [0, 0.05) is 44.0 Å². The Hall–Kier alpha value is -7.23. The number of hydrogen-bond donors (Lipinski definition) is 0. The third-order valence-corrected chi connectivity index (χ3v) is 10.9. The molecule has 0 fully saturated rings. The number of rotatable bonds is 5. The van der Waals surface area contributed by atoms with Gasteiger partial charge in [-0.1, -0.05) is 152 Å². The standard InChI is InChI=1S/C51H33N3/c1-4-15-34(16-5-1)37-32-46(35-17-6-2-7-18-35)52-47(33-37)41-24-14-19-36-31-39(27-28-40(36)41)54-49-26-13-11-23-43(49)45-30-29-44-42-22-10-12-25-48(42)53(50(44)51(45)54)38-20-8-3-9-21-38/h1-33H. The van der Waals surface area contributed by atoms with Gasteiger partial charge in [-0.3, -0.25) is 0 Å². The Morgan fingerprint density at radius 1 is 0.315 bits per heavy atom. The molecule has 3 aromatic heterocycles. The van der Waals surface area contributed by atoms with E-state index >= 15 is 0 Å². The number of para-hydroxylation sites is 3. The van der Waals surface area contributed by atoms with Gasteiger partial charge in [0.25, 0.3) is 0 Å². The zero-order valence-corrected chi connectivity index (χ0v) is 29.4. The van der Waals surface area contributed by atoms with Crippen LogP contribution in [-0.2, 0) is 0 Å². The molecule has 0 aliphatic heterocycles. The third-order valence-electron chi connectivity index (χ3n) is 10.9. The van der Waals surface area contributed by atoms with E-state index in [2.05, 4.69) is 209 Å². The molecule has 0 atom stereocenters. The molecule has 0 unspecified atom stereocenters. The minimum atomic E-state index is 0.958. The topological polar surface area (TPSA) is 22.8 Å². The van der Waals surface area contributed by atoms with Crippen LogP contribution in [0.4, 0.5) is 0 Å². The monoisotopic (exact) mass is 687 g/mol. The second-order valence-electron chi connectivity index (χ2n) is 14.0. The Bertz CT molecular complexity index is 3130. The summed E-state index contributed by atoms with van der Waals surface area (Å²) in [5.41, 5.74) is 13.5. The molecular weight excluding hydrogens is 655 g/mol. The first-order chi connectivity index (χ1) is 26.8. The Labute approximate surface area is 312 Å². The van der Waals surface area contributed by atoms with Crippen LogP contribution < -0.4 is 0 Å². The van der Waals surface area contributed by atoms with Crippen LogP contribution in [0.2, 0.25) is 0 Å². The van der Waals surface area contributed by atoms with Crippen molar-refractivity contribution in [1.82, 2.24) is 14.1 Å². The van der Waals surface area contributed by atoms with Gasteiger partial charge < -0.3 is 9.13 Å². The van der Waals surface area contributed by atoms with E-state index in [1.54, 1.807) is 0 Å².